The van der Waals surface area contributed by atoms with Crippen molar-refractivity contribution in [3.63, 3.8) is 0 Å². The first-order chi connectivity index (χ1) is 7.66. The Labute approximate surface area is 90.0 Å². The van der Waals surface area contributed by atoms with Crippen LogP contribution < -0.4 is 0 Å². The molecule has 0 heterocycles. The summed E-state index contributed by atoms with van der Waals surface area (Å²) in [5, 5.41) is 1.22. The molecule has 80 valence electrons. The Morgan fingerprint density at radius 1 is 1.06 bits per heavy atom. The number of hydrogen-bond acceptors (Lipinski definition) is 0. The lowest BCUT2D eigenvalue weighted by Gasteiger charge is -2.14. The van der Waals surface area contributed by atoms with E-state index in [4.69, 9.17) is 0 Å². The summed E-state index contributed by atoms with van der Waals surface area (Å²) in [5.41, 5.74) is 0.723. The first-order valence-corrected chi connectivity index (χ1v) is 4.92. The average Bonchev–Trinajstić information content (AvgIpc) is 2.25. The molecule has 2 aromatic carbocycles. The topological polar surface area (TPSA) is 0 Å². The molecule has 0 saturated carbocycles. The summed E-state index contributed by atoms with van der Waals surface area (Å²) < 4.78 is 40.1. The highest BCUT2D eigenvalue weighted by Gasteiger charge is 2.19. The fourth-order valence-corrected chi connectivity index (χ4v) is 2.18. The molecule has 0 aliphatic heterocycles. The Kier molecular flexibility index (Phi) is 1.84. The van der Waals surface area contributed by atoms with E-state index in [1.165, 1.54) is 0 Å². The molecule has 0 N–H and O–H groups in total. The van der Waals surface area contributed by atoms with Gasteiger partial charge in [0.25, 0.3) is 0 Å². The Morgan fingerprint density at radius 3 is 2.69 bits per heavy atom. The summed E-state index contributed by atoms with van der Waals surface area (Å²) in [7, 11) is 0. The van der Waals surface area contributed by atoms with Crippen LogP contribution in [-0.4, -0.2) is 0 Å². The van der Waals surface area contributed by atoms with Crippen molar-refractivity contribution >= 4 is 16.8 Å². The second-order valence-corrected chi connectivity index (χ2v) is 3.87. The summed E-state index contributed by atoms with van der Waals surface area (Å²) in [6.07, 6.45) is 1.23. The van der Waals surface area contributed by atoms with E-state index in [0.717, 1.165) is 12.1 Å². The predicted molar refractivity (Wildman–Crippen MR) is 56.7 cm³/mol. The highest BCUT2D eigenvalue weighted by atomic mass is 19.2. The SMILES string of the molecule is FC1=Cc2c(F)c(F)cc3cccc(c23)C1. The van der Waals surface area contributed by atoms with E-state index in [0.29, 0.717) is 16.3 Å². The smallest absolute Gasteiger partial charge is 0.166 e. The van der Waals surface area contributed by atoms with Crippen LogP contribution in [0.5, 0.6) is 0 Å². The van der Waals surface area contributed by atoms with Gasteiger partial charge in [-0.1, -0.05) is 18.2 Å². The maximum absolute atomic E-state index is 13.5. The molecule has 3 rings (SSSR count). The fraction of sp³-hybridized carbons (Fsp3) is 0.0769. The van der Waals surface area contributed by atoms with Crippen LogP contribution >= 0.6 is 0 Å². The molecule has 0 aromatic heterocycles. The molecule has 2 aromatic rings. The van der Waals surface area contributed by atoms with E-state index in [1.54, 1.807) is 18.2 Å². The van der Waals surface area contributed by atoms with E-state index in [-0.39, 0.29) is 12.0 Å². The van der Waals surface area contributed by atoms with Crippen molar-refractivity contribution in [3.8, 4) is 0 Å². The van der Waals surface area contributed by atoms with E-state index in [1.807, 2.05) is 0 Å². The fourth-order valence-electron chi connectivity index (χ4n) is 2.18. The van der Waals surface area contributed by atoms with Crippen LogP contribution in [0.15, 0.2) is 30.1 Å². The van der Waals surface area contributed by atoms with Gasteiger partial charge in [-0.05, 0) is 28.5 Å². The van der Waals surface area contributed by atoms with Gasteiger partial charge in [0.2, 0.25) is 0 Å². The molecule has 0 nitrogen and oxygen atoms in total. The van der Waals surface area contributed by atoms with Crippen molar-refractivity contribution in [1.82, 2.24) is 0 Å². The zero-order valence-electron chi connectivity index (χ0n) is 8.23. The largest absolute Gasteiger partial charge is 0.211 e. The molecule has 1 aliphatic rings. The minimum Gasteiger partial charge on any atom is -0.211 e. The van der Waals surface area contributed by atoms with Crippen molar-refractivity contribution in [1.29, 1.82) is 0 Å². The molecule has 0 atom stereocenters. The van der Waals surface area contributed by atoms with Crippen molar-refractivity contribution in [2.75, 3.05) is 0 Å². The average molecular weight is 220 g/mol. The molecule has 0 fully saturated rings. The predicted octanol–water partition coefficient (Wildman–Crippen LogP) is 3.98. The Bertz CT molecular complexity index is 627. The lowest BCUT2D eigenvalue weighted by Crippen LogP contribution is -2.00. The minimum atomic E-state index is -0.977. The molecule has 0 amide bonds. The lowest BCUT2D eigenvalue weighted by atomic mass is 9.92. The van der Waals surface area contributed by atoms with Crippen LogP contribution in [0.1, 0.15) is 11.1 Å². The van der Waals surface area contributed by atoms with E-state index < -0.39 is 17.5 Å². The van der Waals surface area contributed by atoms with Crippen molar-refractivity contribution in [2.45, 2.75) is 6.42 Å². The van der Waals surface area contributed by atoms with Crippen LogP contribution in [0.25, 0.3) is 16.8 Å². The second kappa shape index (κ2) is 3.11. The summed E-state index contributed by atoms with van der Waals surface area (Å²) in [6.45, 7) is 0. The Hall–Kier alpha value is -1.77. The van der Waals surface area contributed by atoms with Crippen molar-refractivity contribution in [3.05, 3.63) is 52.9 Å². The van der Waals surface area contributed by atoms with Gasteiger partial charge in [-0.15, -0.1) is 0 Å². The molecular weight excluding hydrogens is 213 g/mol. The number of hydrogen-bond donors (Lipinski definition) is 0. The molecule has 0 radical (unpaired) electrons. The van der Waals surface area contributed by atoms with Crippen LogP contribution in [0.2, 0.25) is 0 Å². The van der Waals surface area contributed by atoms with E-state index in [2.05, 4.69) is 0 Å². The van der Waals surface area contributed by atoms with E-state index >= 15 is 0 Å². The van der Waals surface area contributed by atoms with Gasteiger partial charge in [0.05, 0.1) is 0 Å². The van der Waals surface area contributed by atoms with E-state index in [9.17, 15) is 13.2 Å². The maximum Gasteiger partial charge on any atom is 0.166 e. The third-order valence-electron chi connectivity index (χ3n) is 2.84. The monoisotopic (exact) mass is 220 g/mol. The third-order valence-corrected chi connectivity index (χ3v) is 2.84. The van der Waals surface area contributed by atoms with Gasteiger partial charge in [-0.3, -0.25) is 0 Å². The normalized spacial score (nSPS) is 14.1. The highest BCUT2D eigenvalue weighted by Crippen LogP contribution is 2.34. The van der Waals surface area contributed by atoms with Crippen molar-refractivity contribution < 1.29 is 13.2 Å². The number of halogens is 3. The summed E-state index contributed by atoms with van der Waals surface area (Å²) >= 11 is 0. The highest BCUT2D eigenvalue weighted by molar-refractivity contribution is 5.95. The minimum absolute atomic E-state index is 0.0225. The Morgan fingerprint density at radius 2 is 1.88 bits per heavy atom. The molecule has 3 heteroatoms. The summed E-state index contributed by atoms with van der Waals surface area (Å²) in [4.78, 5) is 0. The molecule has 0 bridgehead atoms. The van der Waals surface area contributed by atoms with Crippen LogP contribution in [0.4, 0.5) is 13.2 Å². The standard InChI is InChI=1S/C13H7F3/c14-9-4-7-2-1-3-8-5-11(15)13(16)10(6-9)12(7)8/h1-3,5-6H,4H2. The van der Waals surface area contributed by atoms with Gasteiger partial charge in [0, 0.05) is 12.0 Å². The van der Waals surface area contributed by atoms with Gasteiger partial charge in [0.15, 0.2) is 11.6 Å². The summed E-state index contributed by atoms with van der Waals surface area (Å²) in [6, 6.07) is 6.30. The Balaban J connectivity index is 2.54. The van der Waals surface area contributed by atoms with Gasteiger partial charge >= 0.3 is 0 Å². The lowest BCUT2D eigenvalue weighted by molar-refractivity contribution is 0.508. The van der Waals surface area contributed by atoms with Crippen molar-refractivity contribution in [2.24, 2.45) is 0 Å². The van der Waals surface area contributed by atoms with Crippen LogP contribution in [0, 0.1) is 11.6 Å². The number of rotatable bonds is 0. The number of allylic oxidation sites excluding steroid dienone is 1. The second-order valence-electron chi connectivity index (χ2n) is 3.87. The molecule has 0 unspecified atom stereocenters. The zero-order valence-corrected chi connectivity index (χ0v) is 8.23. The van der Waals surface area contributed by atoms with Crippen LogP contribution in [0.3, 0.4) is 0 Å². The first kappa shape index (κ1) is 9.46. The molecular formula is C13H7F3. The maximum atomic E-state index is 13.5. The first-order valence-electron chi connectivity index (χ1n) is 4.92. The molecule has 1 aliphatic carbocycles. The summed E-state index contributed by atoms with van der Waals surface area (Å²) in [5.74, 6) is -2.36. The third kappa shape index (κ3) is 1.18. The van der Waals surface area contributed by atoms with Crippen LogP contribution in [-0.2, 0) is 6.42 Å². The molecule has 16 heavy (non-hydrogen) atoms. The quantitative estimate of drug-likeness (QED) is 0.629. The molecule has 0 spiro atoms. The number of benzene rings is 2. The van der Waals surface area contributed by atoms with Gasteiger partial charge in [-0.2, -0.15) is 0 Å². The zero-order chi connectivity index (χ0) is 11.3. The van der Waals surface area contributed by atoms with Gasteiger partial charge in [0.1, 0.15) is 5.83 Å². The molecule has 0 saturated heterocycles. The van der Waals surface area contributed by atoms with Gasteiger partial charge in [-0.25, -0.2) is 13.2 Å². The van der Waals surface area contributed by atoms with Gasteiger partial charge < -0.3 is 0 Å².